The zero-order valence-corrected chi connectivity index (χ0v) is 10.2. The molecule has 0 fully saturated rings. The molecule has 1 unspecified atom stereocenters. The Balaban J connectivity index is 2.74. The number of nitrogens with two attached hydrogens (primary N) is 1. The van der Waals surface area contributed by atoms with Gasteiger partial charge in [0.2, 0.25) is 5.91 Å². The zero-order valence-electron chi connectivity index (χ0n) is 9.36. The molecule has 1 aromatic heterocycles. The molecular weight excluding hydrogens is 222 g/mol. The first-order valence-electron chi connectivity index (χ1n) is 5.08. The molecule has 3 N–H and O–H groups in total. The molecule has 4 nitrogen and oxygen atoms in total. The molecule has 0 aliphatic heterocycles. The van der Waals surface area contributed by atoms with E-state index in [9.17, 15) is 4.79 Å². The standard InChI is InChI=1S/C11H15N3OS/c1-3-8(10(12)16)11(15)14-9-6-4-5-7(2)13-9/h4-6,8H,3H2,1-2H3,(H2,12,16)(H,13,14,15). The van der Waals surface area contributed by atoms with E-state index >= 15 is 0 Å². The average Bonchev–Trinajstić information content (AvgIpc) is 2.17. The molecule has 16 heavy (non-hydrogen) atoms. The first-order chi connectivity index (χ1) is 7.54. The minimum Gasteiger partial charge on any atom is -0.393 e. The van der Waals surface area contributed by atoms with Crippen molar-refractivity contribution in [1.82, 2.24) is 4.98 Å². The summed E-state index contributed by atoms with van der Waals surface area (Å²) in [6.45, 7) is 3.73. The van der Waals surface area contributed by atoms with Crippen LogP contribution >= 0.6 is 12.2 Å². The third kappa shape index (κ3) is 3.27. The number of aryl methyl sites for hydroxylation is 1. The number of anilines is 1. The monoisotopic (exact) mass is 237 g/mol. The van der Waals surface area contributed by atoms with Gasteiger partial charge in [0.1, 0.15) is 5.82 Å². The predicted octanol–water partition coefficient (Wildman–Crippen LogP) is 1.64. The van der Waals surface area contributed by atoms with Crippen molar-refractivity contribution < 1.29 is 4.79 Å². The van der Waals surface area contributed by atoms with Gasteiger partial charge in [-0.2, -0.15) is 0 Å². The fourth-order valence-corrected chi connectivity index (χ4v) is 1.62. The number of nitrogens with one attached hydrogen (secondary N) is 1. The SMILES string of the molecule is CCC(C(=O)Nc1cccc(C)n1)C(N)=S. The summed E-state index contributed by atoms with van der Waals surface area (Å²) in [4.78, 5) is 16.2. The number of amides is 1. The number of thiocarbonyl (C=S) groups is 1. The van der Waals surface area contributed by atoms with Gasteiger partial charge in [-0.1, -0.05) is 25.2 Å². The third-order valence-electron chi connectivity index (χ3n) is 2.21. The highest BCUT2D eigenvalue weighted by Gasteiger charge is 2.19. The topological polar surface area (TPSA) is 68.0 Å². The van der Waals surface area contributed by atoms with Crippen molar-refractivity contribution in [3.05, 3.63) is 23.9 Å². The Morgan fingerprint density at radius 1 is 1.62 bits per heavy atom. The molecule has 0 bridgehead atoms. The second-order valence-electron chi connectivity index (χ2n) is 3.52. The molecule has 0 saturated carbocycles. The van der Waals surface area contributed by atoms with E-state index in [-0.39, 0.29) is 10.9 Å². The van der Waals surface area contributed by atoms with Gasteiger partial charge in [0, 0.05) is 5.69 Å². The fourth-order valence-electron chi connectivity index (χ4n) is 1.34. The van der Waals surface area contributed by atoms with Crippen molar-refractivity contribution >= 4 is 28.9 Å². The Bertz CT molecular complexity index is 406. The van der Waals surface area contributed by atoms with Crippen LogP contribution in [0.1, 0.15) is 19.0 Å². The maximum absolute atomic E-state index is 11.8. The molecule has 0 aliphatic carbocycles. The normalized spacial score (nSPS) is 11.9. The van der Waals surface area contributed by atoms with E-state index in [1.54, 1.807) is 6.07 Å². The summed E-state index contributed by atoms with van der Waals surface area (Å²) < 4.78 is 0. The Labute approximate surface area is 100 Å². The average molecular weight is 237 g/mol. The predicted molar refractivity (Wildman–Crippen MR) is 68.2 cm³/mol. The van der Waals surface area contributed by atoms with Gasteiger partial charge >= 0.3 is 0 Å². The minimum absolute atomic E-state index is 0.201. The minimum atomic E-state index is -0.433. The van der Waals surface area contributed by atoms with Crippen molar-refractivity contribution in [2.24, 2.45) is 11.7 Å². The number of carbonyl (C=O) groups is 1. The van der Waals surface area contributed by atoms with Crippen LogP contribution in [0.15, 0.2) is 18.2 Å². The quantitative estimate of drug-likeness (QED) is 0.781. The van der Waals surface area contributed by atoms with Crippen molar-refractivity contribution in [1.29, 1.82) is 0 Å². The molecule has 1 rings (SSSR count). The lowest BCUT2D eigenvalue weighted by atomic mass is 10.1. The van der Waals surface area contributed by atoms with E-state index in [0.29, 0.717) is 12.2 Å². The lowest BCUT2D eigenvalue weighted by Gasteiger charge is -2.12. The number of aromatic nitrogens is 1. The van der Waals surface area contributed by atoms with Crippen LogP contribution in [0.5, 0.6) is 0 Å². The number of hydrogen-bond donors (Lipinski definition) is 2. The molecular formula is C11H15N3OS. The first-order valence-corrected chi connectivity index (χ1v) is 5.49. The van der Waals surface area contributed by atoms with Crippen LogP contribution in [0.3, 0.4) is 0 Å². The maximum atomic E-state index is 11.8. The van der Waals surface area contributed by atoms with Crippen LogP contribution in [0.25, 0.3) is 0 Å². The second kappa shape index (κ2) is 5.55. The number of hydrogen-bond acceptors (Lipinski definition) is 3. The number of rotatable bonds is 4. The number of carbonyl (C=O) groups excluding carboxylic acids is 1. The molecule has 1 aromatic rings. The highest BCUT2D eigenvalue weighted by molar-refractivity contribution is 7.80. The van der Waals surface area contributed by atoms with Gasteiger partial charge in [-0.3, -0.25) is 4.79 Å². The summed E-state index contributed by atoms with van der Waals surface area (Å²) in [6.07, 6.45) is 0.590. The summed E-state index contributed by atoms with van der Waals surface area (Å²) in [5, 5.41) is 2.70. The summed E-state index contributed by atoms with van der Waals surface area (Å²) in [6, 6.07) is 5.43. The van der Waals surface area contributed by atoms with Crippen LogP contribution in [0, 0.1) is 12.8 Å². The van der Waals surface area contributed by atoms with Gasteiger partial charge in [-0.15, -0.1) is 0 Å². The van der Waals surface area contributed by atoms with Crippen molar-refractivity contribution in [3.8, 4) is 0 Å². The van der Waals surface area contributed by atoms with E-state index in [1.165, 1.54) is 0 Å². The van der Waals surface area contributed by atoms with E-state index in [0.717, 1.165) is 5.69 Å². The molecule has 1 heterocycles. The van der Waals surface area contributed by atoms with Crippen molar-refractivity contribution in [2.45, 2.75) is 20.3 Å². The lowest BCUT2D eigenvalue weighted by Crippen LogP contribution is -2.32. The first kappa shape index (κ1) is 12.6. The van der Waals surface area contributed by atoms with Crippen molar-refractivity contribution in [2.75, 3.05) is 5.32 Å². The Hall–Kier alpha value is -1.49. The largest absolute Gasteiger partial charge is 0.393 e. The van der Waals surface area contributed by atoms with Gasteiger partial charge in [-0.05, 0) is 25.5 Å². The van der Waals surface area contributed by atoms with Crippen LogP contribution in [0.4, 0.5) is 5.82 Å². The van der Waals surface area contributed by atoms with E-state index in [1.807, 2.05) is 26.0 Å². The van der Waals surface area contributed by atoms with Gasteiger partial charge in [0.05, 0.1) is 10.9 Å². The van der Waals surface area contributed by atoms with Crippen molar-refractivity contribution in [3.63, 3.8) is 0 Å². The van der Waals surface area contributed by atoms with E-state index in [2.05, 4.69) is 10.3 Å². The van der Waals surface area contributed by atoms with Gasteiger partial charge in [0.15, 0.2) is 0 Å². The Morgan fingerprint density at radius 3 is 2.81 bits per heavy atom. The summed E-state index contributed by atoms with van der Waals surface area (Å²) >= 11 is 4.83. The molecule has 0 spiro atoms. The number of pyridine rings is 1. The summed E-state index contributed by atoms with van der Waals surface area (Å²) in [7, 11) is 0. The Kier molecular flexibility index (Phi) is 4.37. The molecule has 1 atom stereocenters. The highest BCUT2D eigenvalue weighted by Crippen LogP contribution is 2.09. The van der Waals surface area contributed by atoms with Crippen LogP contribution < -0.4 is 11.1 Å². The summed E-state index contributed by atoms with van der Waals surface area (Å²) in [5.74, 6) is -0.106. The molecule has 0 saturated heterocycles. The molecule has 86 valence electrons. The van der Waals surface area contributed by atoms with Crippen LogP contribution in [0.2, 0.25) is 0 Å². The van der Waals surface area contributed by atoms with Gasteiger partial charge in [-0.25, -0.2) is 4.98 Å². The van der Waals surface area contributed by atoms with Gasteiger partial charge in [0.25, 0.3) is 0 Å². The summed E-state index contributed by atoms with van der Waals surface area (Å²) in [5.41, 5.74) is 6.33. The Morgan fingerprint density at radius 2 is 2.31 bits per heavy atom. The maximum Gasteiger partial charge on any atom is 0.235 e. The van der Waals surface area contributed by atoms with E-state index < -0.39 is 5.92 Å². The third-order valence-corrected chi connectivity index (χ3v) is 2.49. The van der Waals surface area contributed by atoms with Crippen LogP contribution in [-0.4, -0.2) is 15.9 Å². The highest BCUT2D eigenvalue weighted by atomic mass is 32.1. The zero-order chi connectivity index (χ0) is 12.1. The molecule has 5 heteroatoms. The molecule has 1 amide bonds. The smallest absolute Gasteiger partial charge is 0.235 e. The van der Waals surface area contributed by atoms with Gasteiger partial charge < -0.3 is 11.1 Å². The molecule has 0 aromatic carbocycles. The fraction of sp³-hybridized carbons (Fsp3) is 0.364. The lowest BCUT2D eigenvalue weighted by molar-refractivity contribution is -0.118. The van der Waals surface area contributed by atoms with Crippen LogP contribution in [-0.2, 0) is 4.79 Å². The second-order valence-corrected chi connectivity index (χ2v) is 3.99. The molecule has 0 radical (unpaired) electrons. The van der Waals surface area contributed by atoms with E-state index in [4.69, 9.17) is 18.0 Å². The molecule has 0 aliphatic rings. The number of nitrogens with zero attached hydrogens (tertiary/aromatic N) is 1.